The number of hydrogen-bond acceptors (Lipinski definition) is 4. The standard InChI is InChI=1S/C14H14F3N3O3/c1-7-5-8(12(23-7)14(15,16)17)13(22)19-9-6-10(21)11(9)20-4-2-3-18-20/h2-5,9-11,21H,6H2,1H3,(H,19,22)/t9-,10+,11+/m0/s1. The highest BCUT2D eigenvalue weighted by Crippen LogP contribution is 2.36. The van der Waals surface area contributed by atoms with Crippen LogP contribution in [-0.2, 0) is 6.18 Å². The Hall–Kier alpha value is -2.29. The van der Waals surface area contributed by atoms with E-state index in [1.165, 1.54) is 17.8 Å². The summed E-state index contributed by atoms with van der Waals surface area (Å²) in [4.78, 5) is 12.2. The predicted octanol–water partition coefficient (Wildman–Crippen LogP) is 1.91. The lowest BCUT2D eigenvalue weighted by Crippen LogP contribution is -2.56. The molecule has 0 spiro atoms. The molecular weight excluding hydrogens is 315 g/mol. The van der Waals surface area contributed by atoms with Crippen molar-refractivity contribution in [2.45, 2.75) is 37.7 Å². The average Bonchev–Trinajstić information content (AvgIpc) is 3.06. The van der Waals surface area contributed by atoms with Crippen molar-refractivity contribution in [3.63, 3.8) is 0 Å². The van der Waals surface area contributed by atoms with Crippen LogP contribution in [0.15, 0.2) is 28.9 Å². The van der Waals surface area contributed by atoms with E-state index in [2.05, 4.69) is 14.8 Å². The smallest absolute Gasteiger partial charge is 0.450 e. The van der Waals surface area contributed by atoms with Gasteiger partial charge in [0.2, 0.25) is 5.76 Å². The fourth-order valence-corrected chi connectivity index (χ4v) is 2.71. The van der Waals surface area contributed by atoms with Gasteiger partial charge in [-0.3, -0.25) is 9.48 Å². The van der Waals surface area contributed by atoms with Gasteiger partial charge in [0, 0.05) is 12.4 Å². The van der Waals surface area contributed by atoms with Crippen molar-refractivity contribution in [3.05, 3.63) is 41.6 Å². The van der Waals surface area contributed by atoms with E-state index in [4.69, 9.17) is 0 Å². The lowest BCUT2D eigenvalue weighted by molar-refractivity contribution is -0.153. The number of carbonyl (C=O) groups excluding carboxylic acids is 1. The van der Waals surface area contributed by atoms with Gasteiger partial charge in [-0.05, 0) is 25.5 Å². The second-order valence-corrected chi connectivity index (χ2v) is 5.46. The molecule has 23 heavy (non-hydrogen) atoms. The summed E-state index contributed by atoms with van der Waals surface area (Å²) in [6.45, 7) is 1.34. The van der Waals surface area contributed by atoms with Crippen LogP contribution in [0.3, 0.4) is 0 Å². The van der Waals surface area contributed by atoms with Crippen molar-refractivity contribution in [3.8, 4) is 0 Å². The molecule has 1 aliphatic carbocycles. The summed E-state index contributed by atoms with van der Waals surface area (Å²) < 4.78 is 44.7. The molecule has 2 aromatic heterocycles. The molecule has 0 bridgehead atoms. The maximum Gasteiger partial charge on any atom is 0.450 e. The Morgan fingerprint density at radius 2 is 2.26 bits per heavy atom. The summed E-state index contributed by atoms with van der Waals surface area (Å²) in [6.07, 6.45) is -2.08. The molecule has 1 aliphatic rings. The molecule has 2 N–H and O–H groups in total. The van der Waals surface area contributed by atoms with Gasteiger partial charge in [-0.2, -0.15) is 18.3 Å². The third-order valence-electron chi connectivity index (χ3n) is 3.81. The molecule has 2 heterocycles. The second kappa shape index (κ2) is 5.41. The first-order valence-corrected chi connectivity index (χ1v) is 6.93. The molecule has 1 amide bonds. The van der Waals surface area contributed by atoms with E-state index in [9.17, 15) is 23.1 Å². The van der Waals surface area contributed by atoms with Gasteiger partial charge in [0.15, 0.2) is 0 Å². The highest BCUT2D eigenvalue weighted by Gasteiger charge is 2.45. The zero-order valence-electron chi connectivity index (χ0n) is 12.0. The van der Waals surface area contributed by atoms with E-state index in [1.54, 1.807) is 12.3 Å². The Bertz CT molecular complexity index is 709. The van der Waals surface area contributed by atoms with Crippen LogP contribution in [0.4, 0.5) is 13.2 Å². The normalized spacial score (nSPS) is 24.3. The van der Waals surface area contributed by atoms with Gasteiger partial charge in [0.1, 0.15) is 5.76 Å². The zero-order valence-corrected chi connectivity index (χ0v) is 12.0. The quantitative estimate of drug-likeness (QED) is 0.901. The first kappa shape index (κ1) is 15.6. The molecule has 124 valence electrons. The predicted molar refractivity (Wildman–Crippen MR) is 71.6 cm³/mol. The minimum Gasteiger partial charge on any atom is -0.456 e. The average molecular weight is 329 g/mol. The third-order valence-corrected chi connectivity index (χ3v) is 3.81. The van der Waals surface area contributed by atoms with Crippen LogP contribution in [-0.4, -0.2) is 32.9 Å². The Balaban J connectivity index is 1.78. The van der Waals surface area contributed by atoms with Crippen molar-refractivity contribution in [1.82, 2.24) is 15.1 Å². The second-order valence-electron chi connectivity index (χ2n) is 5.46. The van der Waals surface area contributed by atoms with E-state index in [0.29, 0.717) is 0 Å². The van der Waals surface area contributed by atoms with Gasteiger partial charge in [-0.1, -0.05) is 0 Å². The number of aliphatic hydroxyl groups is 1. The minimum atomic E-state index is -4.75. The number of furan rings is 1. The van der Waals surface area contributed by atoms with Crippen LogP contribution < -0.4 is 5.32 Å². The van der Waals surface area contributed by atoms with E-state index in [-0.39, 0.29) is 12.2 Å². The topological polar surface area (TPSA) is 80.3 Å². The van der Waals surface area contributed by atoms with E-state index < -0.39 is 41.6 Å². The molecule has 3 atom stereocenters. The molecule has 3 rings (SSSR count). The number of amides is 1. The van der Waals surface area contributed by atoms with Gasteiger partial charge >= 0.3 is 6.18 Å². The number of carbonyl (C=O) groups is 1. The highest BCUT2D eigenvalue weighted by atomic mass is 19.4. The summed E-state index contributed by atoms with van der Waals surface area (Å²) in [6, 6.07) is 1.70. The molecule has 6 nitrogen and oxygen atoms in total. The van der Waals surface area contributed by atoms with Gasteiger partial charge < -0.3 is 14.8 Å². The highest BCUT2D eigenvalue weighted by molar-refractivity contribution is 5.95. The van der Waals surface area contributed by atoms with Gasteiger partial charge in [0.05, 0.1) is 23.8 Å². The zero-order chi connectivity index (χ0) is 16.8. The monoisotopic (exact) mass is 329 g/mol. The van der Waals surface area contributed by atoms with Gasteiger partial charge in [0.25, 0.3) is 5.91 Å². The summed E-state index contributed by atoms with van der Waals surface area (Å²) in [5, 5.41) is 16.3. The number of aliphatic hydroxyl groups excluding tert-OH is 1. The molecule has 1 saturated carbocycles. The number of nitrogens with zero attached hydrogens (tertiary/aromatic N) is 2. The maximum atomic E-state index is 12.9. The van der Waals surface area contributed by atoms with Crippen molar-refractivity contribution in [2.75, 3.05) is 0 Å². The van der Waals surface area contributed by atoms with Crippen LogP contribution in [0, 0.1) is 6.92 Å². The lowest BCUT2D eigenvalue weighted by Gasteiger charge is -2.41. The van der Waals surface area contributed by atoms with Crippen molar-refractivity contribution >= 4 is 5.91 Å². The van der Waals surface area contributed by atoms with Crippen LogP contribution >= 0.6 is 0 Å². The van der Waals surface area contributed by atoms with Crippen LogP contribution in [0.2, 0.25) is 0 Å². The van der Waals surface area contributed by atoms with Crippen molar-refractivity contribution < 1.29 is 27.5 Å². The summed E-state index contributed by atoms with van der Waals surface area (Å²) in [5.74, 6) is -2.20. The number of nitrogens with one attached hydrogen (secondary N) is 1. The number of hydrogen-bond donors (Lipinski definition) is 2. The first-order chi connectivity index (χ1) is 10.8. The molecule has 0 radical (unpaired) electrons. The van der Waals surface area contributed by atoms with E-state index >= 15 is 0 Å². The SMILES string of the molecule is Cc1cc(C(=O)N[C@H]2C[C@@H](O)[C@@H]2n2cccn2)c(C(F)(F)F)o1. The van der Waals surface area contributed by atoms with Gasteiger partial charge in [-0.15, -0.1) is 0 Å². The molecule has 1 fully saturated rings. The van der Waals surface area contributed by atoms with Crippen LogP contribution in [0.1, 0.15) is 34.3 Å². The lowest BCUT2D eigenvalue weighted by atomic mass is 9.83. The molecule has 0 saturated heterocycles. The first-order valence-electron chi connectivity index (χ1n) is 6.93. The number of halogens is 3. The third kappa shape index (κ3) is 2.83. The molecule has 2 aromatic rings. The number of alkyl halides is 3. The maximum absolute atomic E-state index is 12.9. The molecule has 0 aliphatic heterocycles. The molecule has 9 heteroatoms. The van der Waals surface area contributed by atoms with Crippen molar-refractivity contribution in [2.24, 2.45) is 0 Å². The number of aromatic nitrogens is 2. The Morgan fingerprint density at radius 3 is 2.83 bits per heavy atom. The van der Waals surface area contributed by atoms with Crippen LogP contribution in [0.25, 0.3) is 0 Å². The van der Waals surface area contributed by atoms with Crippen molar-refractivity contribution in [1.29, 1.82) is 0 Å². The molecular formula is C14H14F3N3O3. The Labute approximate surface area is 128 Å². The number of rotatable bonds is 3. The van der Waals surface area contributed by atoms with E-state index in [0.717, 1.165) is 6.07 Å². The Kier molecular flexibility index (Phi) is 3.67. The van der Waals surface area contributed by atoms with Gasteiger partial charge in [-0.25, -0.2) is 0 Å². The molecule has 0 aromatic carbocycles. The summed E-state index contributed by atoms with van der Waals surface area (Å²) >= 11 is 0. The summed E-state index contributed by atoms with van der Waals surface area (Å²) in [7, 11) is 0. The minimum absolute atomic E-state index is 0.000236. The fraction of sp³-hybridized carbons (Fsp3) is 0.429. The number of aryl methyl sites for hydroxylation is 1. The summed E-state index contributed by atoms with van der Waals surface area (Å²) in [5.41, 5.74) is -0.560. The fourth-order valence-electron chi connectivity index (χ4n) is 2.71. The largest absolute Gasteiger partial charge is 0.456 e. The van der Waals surface area contributed by atoms with Crippen LogP contribution in [0.5, 0.6) is 0 Å². The molecule has 0 unspecified atom stereocenters. The van der Waals surface area contributed by atoms with E-state index in [1.807, 2.05) is 0 Å². The Morgan fingerprint density at radius 1 is 1.52 bits per heavy atom.